The van der Waals surface area contributed by atoms with Crippen LogP contribution in [0.25, 0.3) is 0 Å². The highest BCUT2D eigenvalue weighted by molar-refractivity contribution is 5.37. The van der Waals surface area contributed by atoms with Crippen LogP contribution in [-0.2, 0) is 0 Å². The molecule has 0 aromatic carbocycles. The van der Waals surface area contributed by atoms with Crippen molar-refractivity contribution in [1.29, 1.82) is 0 Å². The van der Waals surface area contributed by atoms with Crippen molar-refractivity contribution < 1.29 is 4.74 Å². The number of aromatic nitrogens is 3. The first kappa shape index (κ1) is 14.4. The number of rotatable bonds is 7. The van der Waals surface area contributed by atoms with Crippen LogP contribution in [0.3, 0.4) is 0 Å². The van der Waals surface area contributed by atoms with Gasteiger partial charge >= 0.3 is 6.01 Å². The van der Waals surface area contributed by atoms with Gasteiger partial charge in [0.15, 0.2) is 0 Å². The first-order valence-electron chi connectivity index (χ1n) is 6.20. The van der Waals surface area contributed by atoms with Crippen molar-refractivity contribution in [2.45, 2.75) is 46.1 Å². The summed E-state index contributed by atoms with van der Waals surface area (Å²) >= 11 is 0. The van der Waals surface area contributed by atoms with Gasteiger partial charge in [0, 0.05) is 5.54 Å². The summed E-state index contributed by atoms with van der Waals surface area (Å²) in [6.07, 6.45) is 1.93. The van der Waals surface area contributed by atoms with E-state index in [1.54, 1.807) is 0 Å². The summed E-state index contributed by atoms with van der Waals surface area (Å²) in [4.78, 5) is 12.4. The van der Waals surface area contributed by atoms with Gasteiger partial charge in [0.25, 0.3) is 0 Å². The molecule has 18 heavy (non-hydrogen) atoms. The maximum absolute atomic E-state index is 5.33. The number of nitrogens with two attached hydrogens (primary N) is 1. The van der Waals surface area contributed by atoms with E-state index >= 15 is 0 Å². The lowest BCUT2D eigenvalue weighted by Gasteiger charge is -2.28. The SMILES string of the molecule is CCOc1nc(NN)nc(NC(C)(CC)CC)n1. The van der Waals surface area contributed by atoms with E-state index in [9.17, 15) is 0 Å². The number of nitrogen functional groups attached to an aromatic ring is 1. The molecule has 1 rings (SSSR count). The third-order valence-corrected chi connectivity index (χ3v) is 2.99. The standard InChI is InChI=1S/C11H22N6O/c1-5-11(4,6-2)16-8-13-9(17-12)15-10(14-8)18-7-3/h5-7,12H2,1-4H3,(H2,13,14,15,16,17). The van der Waals surface area contributed by atoms with Crippen molar-refractivity contribution in [2.24, 2.45) is 5.84 Å². The molecule has 0 unspecified atom stereocenters. The molecule has 1 aromatic heterocycles. The van der Waals surface area contributed by atoms with Crippen LogP contribution in [0.15, 0.2) is 0 Å². The first-order valence-corrected chi connectivity index (χ1v) is 6.20. The summed E-state index contributed by atoms with van der Waals surface area (Å²) in [6.45, 7) is 8.71. The number of nitrogens with one attached hydrogen (secondary N) is 2. The Hall–Kier alpha value is -1.63. The molecule has 0 atom stereocenters. The van der Waals surface area contributed by atoms with Crippen molar-refractivity contribution in [3.05, 3.63) is 0 Å². The van der Waals surface area contributed by atoms with Gasteiger partial charge in [-0.1, -0.05) is 13.8 Å². The van der Waals surface area contributed by atoms with Gasteiger partial charge < -0.3 is 10.1 Å². The lowest BCUT2D eigenvalue weighted by atomic mass is 9.96. The molecule has 1 aromatic rings. The predicted molar refractivity (Wildman–Crippen MR) is 71.4 cm³/mol. The van der Waals surface area contributed by atoms with E-state index in [1.165, 1.54) is 0 Å². The molecule has 0 aliphatic heterocycles. The zero-order valence-electron chi connectivity index (χ0n) is 11.4. The smallest absolute Gasteiger partial charge is 0.323 e. The second kappa shape index (κ2) is 6.34. The summed E-state index contributed by atoms with van der Waals surface area (Å²) in [7, 11) is 0. The van der Waals surface area contributed by atoms with Crippen LogP contribution in [0.5, 0.6) is 6.01 Å². The maximum atomic E-state index is 5.33. The van der Waals surface area contributed by atoms with Crippen molar-refractivity contribution in [3.63, 3.8) is 0 Å². The maximum Gasteiger partial charge on any atom is 0.323 e. The van der Waals surface area contributed by atoms with E-state index in [4.69, 9.17) is 10.6 Å². The fourth-order valence-corrected chi connectivity index (χ4v) is 1.37. The molecule has 0 radical (unpaired) electrons. The second-order valence-electron chi connectivity index (χ2n) is 4.24. The molecule has 0 saturated heterocycles. The van der Waals surface area contributed by atoms with Crippen LogP contribution in [0.4, 0.5) is 11.9 Å². The molecule has 0 spiro atoms. The van der Waals surface area contributed by atoms with E-state index < -0.39 is 0 Å². The Kier molecular flexibility index (Phi) is 5.08. The number of nitrogens with zero attached hydrogens (tertiary/aromatic N) is 3. The molecule has 0 saturated carbocycles. The van der Waals surface area contributed by atoms with Gasteiger partial charge in [-0.25, -0.2) is 5.84 Å². The van der Waals surface area contributed by atoms with Crippen molar-refractivity contribution in [3.8, 4) is 6.01 Å². The van der Waals surface area contributed by atoms with Crippen LogP contribution in [-0.4, -0.2) is 27.1 Å². The third-order valence-electron chi connectivity index (χ3n) is 2.99. The highest BCUT2D eigenvalue weighted by Gasteiger charge is 2.21. The Morgan fingerprint density at radius 1 is 1.11 bits per heavy atom. The lowest BCUT2D eigenvalue weighted by molar-refractivity contribution is 0.312. The summed E-state index contributed by atoms with van der Waals surface area (Å²) in [5.74, 6) is 6.07. The Morgan fingerprint density at radius 3 is 2.22 bits per heavy atom. The Morgan fingerprint density at radius 2 is 1.72 bits per heavy atom. The van der Waals surface area contributed by atoms with Gasteiger partial charge in [0.2, 0.25) is 11.9 Å². The number of anilines is 2. The van der Waals surface area contributed by atoms with Crippen LogP contribution in [0.1, 0.15) is 40.5 Å². The van der Waals surface area contributed by atoms with Gasteiger partial charge in [-0.2, -0.15) is 15.0 Å². The van der Waals surface area contributed by atoms with Crippen LogP contribution in [0.2, 0.25) is 0 Å². The highest BCUT2D eigenvalue weighted by atomic mass is 16.5. The molecular formula is C11H22N6O. The predicted octanol–water partition coefficient (Wildman–Crippen LogP) is 1.55. The molecule has 7 nitrogen and oxygen atoms in total. The Bertz CT molecular complexity index is 380. The zero-order valence-corrected chi connectivity index (χ0v) is 11.4. The molecule has 0 fully saturated rings. The average Bonchev–Trinajstić information content (AvgIpc) is 2.38. The van der Waals surface area contributed by atoms with Gasteiger partial charge in [0.1, 0.15) is 0 Å². The third kappa shape index (κ3) is 3.69. The fourth-order valence-electron chi connectivity index (χ4n) is 1.37. The monoisotopic (exact) mass is 254 g/mol. The molecule has 0 aliphatic rings. The average molecular weight is 254 g/mol. The van der Waals surface area contributed by atoms with Crippen molar-refractivity contribution in [1.82, 2.24) is 15.0 Å². The van der Waals surface area contributed by atoms with Crippen molar-refractivity contribution >= 4 is 11.9 Å². The molecule has 1 heterocycles. The van der Waals surface area contributed by atoms with E-state index in [1.807, 2.05) is 6.92 Å². The van der Waals surface area contributed by atoms with Crippen LogP contribution in [0, 0.1) is 0 Å². The van der Waals surface area contributed by atoms with Gasteiger partial charge in [-0.15, -0.1) is 0 Å². The van der Waals surface area contributed by atoms with Gasteiger partial charge in [0.05, 0.1) is 6.61 Å². The Balaban J connectivity index is 2.96. The summed E-state index contributed by atoms with van der Waals surface area (Å²) < 4.78 is 5.27. The molecule has 4 N–H and O–H groups in total. The van der Waals surface area contributed by atoms with Crippen LogP contribution < -0.4 is 21.3 Å². The number of hydrogen-bond acceptors (Lipinski definition) is 7. The largest absolute Gasteiger partial charge is 0.464 e. The van der Waals surface area contributed by atoms with E-state index in [0.29, 0.717) is 12.6 Å². The normalized spacial score (nSPS) is 11.2. The number of hydrogen-bond donors (Lipinski definition) is 3. The molecular weight excluding hydrogens is 232 g/mol. The molecule has 102 valence electrons. The fraction of sp³-hybridized carbons (Fsp3) is 0.727. The molecule has 0 aliphatic carbocycles. The van der Waals surface area contributed by atoms with E-state index in [0.717, 1.165) is 12.8 Å². The quantitative estimate of drug-likeness (QED) is 0.501. The van der Waals surface area contributed by atoms with Gasteiger partial charge in [-0.3, -0.25) is 5.43 Å². The number of ether oxygens (including phenoxy) is 1. The summed E-state index contributed by atoms with van der Waals surface area (Å²) in [6, 6.07) is 0.262. The Labute approximate surface area is 108 Å². The summed E-state index contributed by atoms with van der Waals surface area (Å²) in [5, 5.41) is 3.29. The van der Waals surface area contributed by atoms with E-state index in [-0.39, 0.29) is 17.5 Å². The van der Waals surface area contributed by atoms with Crippen LogP contribution >= 0.6 is 0 Å². The summed E-state index contributed by atoms with van der Waals surface area (Å²) in [5.41, 5.74) is 2.35. The molecule has 7 heteroatoms. The minimum absolute atomic E-state index is 0.0588. The lowest BCUT2D eigenvalue weighted by Crippen LogP contribution is -2.34. The van der Waals surface area contributed by atoms with E-state index in [2.05, 4.69) is 46.5 Å². The topological polar surface area (TPSA) is 98.0 Å². The molecule has 0 bridgehead atoms. The minimum atomic E-state index is -0.0588. The molecule has 0 amide bonds. The first-order chi connectivity index (χ1) is 8.56. The highest BCUT2D eigenvalue weighted by Crippen LogP contribution is 2.20. The van der Waals surface area contributed by atoms with Crippen molar-refractivity contribution in [2.75, 3.05) is 17.3 Å². The minimum Gasteiger partial charge on any atom is -0.464 e. The number of hydrazine groups is 1. The van der Waals surface area contributed by atoms with Gasteiger partial charge in [-0.05, 0) is 26.7 Å². The second-order valence-corrected chi connectivity index (χ2v) is 4.24. The zero-order chi connectivity index (χ0) is 13.6.